The summed E-state index contributed by atoms with van der Waals surface area (Å²) in [5.41, 5.74) is 9.33. The third-order valence-corrected chi connectivity index (χ3v) is 4.45. The van der Waals surface area contributed by atoms with Crippen LogP contribution in [0, 0.1) is 19.8 Å². The molecule has 120 valence electrons. The number of aromatic nitrogens is 1. The summed E-state index contributed by atoms with van der Waals surface area (Å²) in [5.74, 6) is -0.276. The molecule has 0 radical (unpaired) electrons. The second-order valence-corrected chi connectivity index (χ2v) is 6.47. The summed E-state index contributed by atoms with van der Waals surface area (Å²) < 4.78 is 0. The number of rotatable bonds is 5. The highest BCUT2D eigenvalue weighted by molar-refractivity contribution is 7.15. The Labute approximate surface area is 141 Å². The van der Waals surface area contributed by atoms with Gasteiger partial charge in [-0.1, -0.05) is 25.1 Å². The van der Waals surface area contributed by atoms with Crippen LogP contribution in [0.25, 0.3) is 0 Å². The zero-order chi connectivity index (χ0) is 15.4. The quantitative estimate of drug-likeness (QED) is 0.878. The van der Waals surface area contributed by atoms with Crippen molar-refractivity contribution < 1.29 is 4.79 Å². The monoisotopic (exact) mass is 339 g/mol. The average Bonchev–Trinajstić information content (AvgIpc) is 2.89. The lowest BCUT2D eigenvalue weighted by atomic mass is 10.0. The maximum Gasteiger partial charge on any atom is 0.230 e. The van der Waals surface area contributed by atoms with Crippen LogP contribution >= 0.6 is 23.7 Å². The molecule has 2 aromatic rings. The first kappa shape index (κ1) is 18.6. The van der Waals surface area contributed by atoms with Gasteiger partial charge in [0.2, 0.25) is 5.91 Å². The molecule has 3 N–H and O–H groups in total. The Bertz CT molecular complexity index is 642. The van der Waals surface area contributed by atoms with Crippen LogP contribution in [0.4, 0.5) is 5.13 Å². The molecule has 1 unspecified atom stereocenters. The molecular formula is C16H22ClN3OS. The number of hydrogen-bond donors (Lipinski definition) is 2. The highest BCUT2D eigenvalue weighted by Crippen LogP contribution is 2.22. The van der Waals surface area contributed by atoms with Crippen LogP contribution in [-0.2, 0) is 11.2 Å². The molecule has 0 aliphatic heterocycles. The maximum atomic E-state index is 11.8. The molecule has 1 amide bonds. The van der Waals surface area contributed by atoms with E-state index in [2.05, 4.69) is 42.3 Å². The van der Waals surface area contributed by atoms with Gasteiger partial charge in [0.05, 0.1) is 0 Å². The van der Waals surface area contributed by atoms with E-state index in [1.165, 1.54) is 28.0 Å². The van der Waals surface area contributed by atoms with Crippen molar-refractivity contribution in [2.24, 2.45) is 11.7 Å². The predicted octanol–water partition coefficient (Wildman–Crippen LogP) is 3.31. The largest absolute Gasteiger partial charge is 0.330 e. The Morgan fingerprint density at radius 1 is 1.36 bits per heavy atom. The molecule has 1 heterocycles. The number of thiazole rings is 1. The minimum absolute atomic E-state index is 0. The highest BCUT2D eigenvalue weighted by atomic mass is 35.5. The predicted molar refractivity (Wildman–Crippen MR) is 94.9 cm³/mol. The van der Waals surface area contributed by atoms with Gasteiger partial charge in [-0.2, -0.15) is 0 Å². The smallest absolute Gasteiger partial charge is 0.230 e. The van der Waals surface area contributed by atoms with E-state index in [0.717, 1.165) is 11.3 Å². The fourth-order valence-corrected chi connectivity index (χ4v) is 2.75. The first-order valence-corrected chi connectivity index (χ1v) is 7.83. The van der Waals surface area contributed by atoms with Crippen molar-refractivity contribution in [1.82, 2.24) is 4.98 Å². The number of aryl methyl sites for hydroxylation is 2. The van der Waals surface area contributed by atoms with E-state index in [-0.39, 0.29) is 24.2 Å². The highest BCUT2D eigenvalue weighted by Gasteiger charge is 2.13. The SMILES string of the molecule is Cc1ccc(Cc2cnc(NC(=O)C(C)CN)s2)cc1C.Cl. The van der Waals surface area contributed by atoms with Crippen molar-refractivity contribution in [2.75, 3.05) is 11.9 Å². The summed E-state index contributed by atoms with van der Waals surface area (Å²) in [7, 11) is 0. The number of nitrogens with one attached hydrogen (secondary N) is 1. The van der Waals surface area contributed by atoms with Gasteiger partial charge >= 0.3 is 0 Å². The number of amides is 1. The van der Waals surface area contributed by atoms with Gasteiger partial charge < -0.3 is 11.1 Å². The molecule has 22 heavy (non-hydrogen) atoms. The lowest BCUT2D eigenvalue weighted by Gasteiger charge is -2.06. The van der Waals surface area contributed by atoms with Crippen LogP contribution in [0.1, 0.15) is 28.5 Å². The second-order valence-electron chi connectivity index (χ2n) is 5.35. The number of nitrogens with two attached hydrogens (primary N) is 1. The van der Waals surface area contributed by atoms with Crippen LogP contribution in [0.5, 0.6) is 0 Å². The second kappa shape index (κ2) is 8.27. The number of carbonyl (C=O) groups excluding carboxylic acids is 1. The lowest BCUT2D eigenvalue weighted by Crippen LogP contribution is -2.26. The summed E-state index contributed by atoms with van der Waals surface area (Å²) in [5, 5.41) is 3.45. The molecule has 0 fully saturated rings. The van der Waals surface area contributed by atoms with Crippen LogP contribution in [-0.4, -0.2) is 17.4 Å². The van der Waals surface area contributed by atoms with Crippen molar-refractivity contribution in [3.63, 3.8) is 0 Å². The van der Waals surface area contributed by atoms with Gasteiger partial charge in [-0.3, -0.25) is 4.79 Å². The average molecular weight is 340 g/mol. The number of nitrogens with zero attached hydrogens (tertiary/aromatic N) is 1. The Morgan fingerprint density at radius 2 is 2.09 bits per heavy atom. The van der Waals surface area contributed by atoms with Crippen molar-refractivity contribution in [3.05, 3.63) is 46.0 Å². The minimum atomic E-state index is -0.197. The molecule has 2 rings (SSSR count). The zero-order valence-corrected chi connectivity index (χ0v) is 14.7. The summed E-state index contributed by atoms with van der Waals surface area (Å²) in [6.45, 7) is 6.37. The summed E-state index contributed by atoms with van der Waals surface area (Å²) >= 11 is 1.51. The van der Waals surface area contributed by atoms with Gasteiger partial charge in [0.15, 0.2) is 5.13 Å². The van der Waals surface area contributed by atoms with E-state index >= 15 is 0 Å². The molecule has 6 heteroatoms. The number of hydrogen-bond acceptors (Lipinski definition) is 4. The fourth-order valence-electron chi connectivity index (χ4n) is 1.90. The van der Waals surface area contributed by atoms with E-state index in [4.69, 9.17) is 5.73 Å². The van der Waals surface area contributed by atoms with Gasteiger partial charge in [-0.25, -0.2) is 4.98 Å². The van der Waals surface area contributed by atoms with Crippen molar-refractivity contribution in [1.29, 1.82) is 0 Å². The van der Waals surface area contributed by atoms with Gasteiger partial charge in [0.25, 0.3) is 0 Å². The van der Waals surface area contributed by atoms with Gasteiger partial charge in [-0.15, -0.1) is 23.7 Å². The van der Waals surface area contributed by atoms with E-state index in [1.54, 1.807) is 6.92 Å². The number of halogens is 1. The summed E-state index contributed by atoms with van der Waals surface area (Å²) in [6.07, 6.45) is 2.66. The minimum Gasteiger partial charge on any atom is -0.330 e. The van der Waals surface area contributed by atoms with Crippen LogP contribution in [0.15, 0.2) is 24.4 Å². The zero-order valence-electron chi connectivity index (χ0n) is 13.1. The van der Waals surface area contributed by atoms with E-state index < -0.39 is 0 Å². The van der Waals surface area contributed by atoms with E-state index in [1.807, 2.05) is 6.20 Å². The summed E-state index contributed by atoms with van der Waals surface area (Å²) in [4.78, 5) is 17.2. The number of benzene rings is 1. The molecule has 4 nitrogen and oxygen atoms in total. The third kappa shape index (κ3) is 4.80. The molecule has 1 aromatic carbocycles. The third-order valence-electron chi connectivity index (χ3n) is 3.53. The molecule has 0 bridgehead atoms. The van der Waals surface area contributed by atoms with E-state index in [9.17, 15) is 4.79 Å². The topological polar surface area (TPSA) is 68.0 Å². The summed E-state index contributed by atoms with van der Waals surface area (Å²) in [6, 6.07) is 6.47. The molecule has 1 atom stereocenters. The van der Waals surface area contributed by atoms with Crippen molar-refractivity contribution in [3.8, 4) is 0 Å². The lowest BCUT2D eigenvalue weighted by molar-refractivity contribution is -0.119. The number of anilines is 1. The van der Waals surface area contributed by atoms with Gasteiger partial charge in [0, 0.05) is 30.0 Å². The number of carbonyl (C=O) groups is 1. The first-order valence-electron chi connectivity index (χ1n) is 7.01. The van der Waals surface area contributed by atoms with Crippen LogP contribution in [0.2, 0.25) is 0 Å². The van der Waals surface area contributed by atoms with Crippen molar-refractivity contribution in [2.45, 2.75) is 27.2 Å². The Morgan fingerprint density at radius 3 is 2.73 bits per heavy atom. The van der Waals surface area contributed by atoms with Gasteiger partial charge in [0.1, 0.15) is 0 Å². The normalized spacial score (nSPS) is 11.6. The molecule has 0 aliphatic rings. The standard InChI is InChI=1S/C16H21N3OS.ClH/c1-10-4-5-13(6-11(10)2)7-14-9-18-16(21-14)19-15(20)12(3)8-17;/h4-6,9,12H,7-8,17H2,1-3H3,(H,18,19,20);1H. The van der Waals surface area contributed by atoms with Gasteiger partial charge in [-0.05, 0) is 30.5 Å². The molecule has 0 saturated carbocycles. The first-order chi connectivity index (χ1) is 9.99. The van der Waals surface area contributed by atoms with Crippen molar-refractivity contribution >= 4 is 34.8 Å². The molecule has 0 aliphatic carbocycles. The van der Waals surface area contributed by atoms with E-state index in [0.29, 0.717) is 11.7 Å². The van der Waals surface area contributed by atoms with Crippen LogP contribution < -0.4 is 11.1 Å². The maximum absolute atomic E-state index is 11.8. The molecule has 0 saturated heterocycles. The Hall–Kier alpha value is -1.43. The fraction of sp³-hybridized carbons (Fsp3) is 0.375. The molecular weight excluding hydrogens is 318 g/mol. The van der Waals surface area contributed by atoms with Crippen LogP contribution in [0.3, 0.4) is 0 Å². The molecule has 0 spiro atoms. The molecule has 1 aromatic heterocycles. The Kier molecular flexibility index (Phi) is 7.00. The Balaban J connectivity index is 0.00000242.